The maximum atomic E-state index is 5.90. The van der Waals surface area contributed by atoms with Gasteiger partial charge in [-0.2, -0.15) is 0 Å². The molecule has 0 fully saturated rings. The molecule has 3 N–H and O–H groups in total. The van der Waals surface area contributed by atoms with Gasteiger partial charge in [0, 0.05) is 23.2 Å². The van der Waals surface area contributed by atoms with Crippen molar-refractivity contribution in [1.82, 2.24) is 0 Å². The zero-order valence-corrected chi connectivity index (χ0v) is 8.53. The highest BCUT2D eigenvalue weighted by molar-refractivity contribution is 7.98. The number of thioether (sulfide) groups is 1. The van der Waals surface area contributed by atoms with Gasteiger partial charge in [0.25, 0.3) is 0 Å². The minimum atomic E-state index is 0.265. The van der Waals surface area contributed by atoms with Crippen molar-refractivity contribution in [1.29, 1.82) is 0 Å². The molecule has 0 saturated carbocycles. The van der Waals surface area contributed by atoms with Gasteiger partial charge in [-0.3, -0.25) is 0 Å². The number of hydrogen-bond donors (Lipinski definition) is 2. The highest BCUT2D eigenvalue weighted by Gasteiger charge is 2.16. The Morgan fingerprint density at radius 1 is 1.54 bits per heavy atom. The molecule has 1 atom stereocenters. The maximum absolute atomic E-state index is 5.90. The Hall–Kier alpha value is -0.670. The van der Waals surface area contributed by atoms with Crippen LogP contribution in [0.1, 0.15) is 5.56 Å². The Morgan fingerprint density at radius 3 is 3.15 bits per heavy atom. The van der Waals surface area contributed by atoms with Crippen molar-refractivity contribution in [2.45, 2.75) is 17.4 Å². The fourth-order valence-corrected chi connectivity index (χ4v) is 2.36. The van der Waals surface area contributed by atoms with Gasteiger partial charge in [-0.1, -0.05) is 6.07 Å². The van der Waals surface area contributed by atoms with E-state index in [0.29, 0.717) is 0 Å². The van der Waals surface area contributed by atoms with Gasteiger partial charge in [0.05, 0.1) is 0 Å². The summed E-state index contributed by atoms with van der Waals surface area (Å²) >= 11 is 1.79. The Balaban J connectivity index is 2.41. The van der Waals surface area contributed by atoms with Crippen molar-refractivity contribution in [3.63, 3.8) is 0 Å². The normalized spacial score (nSPS) is 20.6. The summed E-state index contributed by atoms with van der Waals surface area (Å²) in [6.45, 7) is 0.894. The third kappa shape index (κ3) is 1.67. The van der Waals surface area contributed by atoms with Gasteiger partial charge in [0.1, 0.15) is 0 Å². The molecular weight excluding hydrogens is 180 g/mol. The lowest BCUT2D eigenvalue weighted by atomic mass is 10.0. The zero-order chi connectivity index (χ0) is 9.26. The molecule has 1 aromatic rings. The second kappa shape index (κ2) is 3.60. The Morgan fingerprint density at radius 2 is 2.38 bits per heavy atom. The second-order valence-electron chi connectivity index (χ2n) is 3.33. The van der Waals surface area contributed by atoms with Crippen molar-refractivity contribution in [3.05, 3.63) is 23.8 Å². The molecule has 2 nitrogen and oxygen atoms in total. The first-order valence-corrected chi connectivity index (χ1v) is 5.69. The van der Waals surface area contributed by atoms with Crippen LogP contribution in [0.15, 0.2) is 23.1 Å². The molecule has 1 aliphatic heterocycles. The Bertz CT molecular complexity index is 298. The predicted octanol–water partition coefficient (Wildman–Crippen LogP) is 1.70. The SMILES string of the molecule is CSc1cccc2c1CC(N)CN2. The summed E-state index contributed by atoms with van der Waals surface area (Å²) in [7, 11) is 0. The largest absolute Gasteiger partial charge is 0.383 e. The van der Waals surface area contributed by atoms with Crippen LogP contribution in [0.5, 0.6) is 0 Å². The number of nitrogens with two attached hydrogens (primary N) is 1. The van der Waals surface area contributed by atoms with Crippen LogP contribution >= 0.6 is 11.8 Å². The van der Waals surface area contributed by atoms with Crippen molar-refractivity contribution in [2.24, 2.45) is 5.73 Å². The van der Waals surface area contributed by atoms with Crippen LogP contribution in [0.3, 0.4) is 0 Å². The topological polar surface area (TPSA) is 38.0 Å². The lowest BCUT2D eigenvalue weighted by Crippen LogP contribution is -2.35. The molecule has 1 aromatic carbocycles. The number of hydrogen-bond acceptors (Lipinski definition) is 3. The first-order chi connectivity index (χ1) is 6.31. The molecule has 0 aliphatic carbocycles. The first kappa shape index (κ1) is 8.91. The van der Waals surface area contributed by atoms with Crippen LogP contribution in [-0.4, -0.2) is 18.8 Å². The molecule has 0 aromatic heterocycles. The molecule has 0 radical (unpaired) electrons. The van der Waals surface area contributed by atoms with E-state index in [2.05, 4.69) is 29.8 Å². The van der Waals surface area contributed by atoms with Gasteiger partial charge >= 0.3 is 0 Å². The number of nitrogens with one attached hydrogen (secondary N) is 1. The third-order valence-electron chi connectivity index (χ3n) is 2.37. The van der Waals surface area contributed by atoms with E-state index >= 15 is 0 Å². The summed E-state index contributed by atoms with van der Waals surface area (Å²) in [4.78, 5) is 1.35. The molecule has 2 rings (SSSR count). The monoisotopic (exact) mass is 194 g/mol. The van der Waals surface area contributed by atoms with E-state index < -0.39 is 0 Å². The molecule has 13 heavy (non-hydrogen) atoms. The quantitative estimate of drug-likeness (QED) is 0.668. The van der Waals surface area contributed by atoms with Crippen molar-refractivity contribution in [3.8, 4) is 0 Å². The van der Waals surface area contributed by atoms with Crippen molar-refractivity contribution < 1.29 is 0 Å². The lowest BCUT2D eigenvalue weighted by Gasteiger charge is -2.24. The standard InChI is InChI=1S/C10H14N2S/c1-13-10-4-2-3-9-8(10)5-7(11)6-12-9/h2-4,7,12H,5-6,11H2,1H3. The minimum absolute atomic E-state index is 0.265. The van der Waals surface area contributed by atoms with E-state index in [1.54, 1.807) is 11.8 Å². The van der Waals surface area contributed by atoms with Gasteiger partial charge in [-0.25, -0.2) is 0 Å². The molecule has 0 saturated heterocycles. The third-order valence-corrected chi connectivity index (χ3v) is 3.20. The molecule has 1 unspecified atom stereocenters. The van der Waals surface area contributed by atoms with Crippen LogP contribution in [0.4, 0.5) is 5.69 Å². The van der Waals surface area contributed by atoms with Gasteiger partial charge < -0.3 is 11.1 Å². The Labute approximate surface area is 82.9 Å². The van der Waals surface area contributed by atoms with Gasteiger partial charge in [-0.05, 0) is 30.4 Å². The van der Waals surface area contributed by atoms with E-state index in [9.17, 15) is 0 Å². The summed E-state index contributed by atoms with van der Waals surface area (Å²) < 4.78 is 0. The lowest BCUT2D eigenvalue weighted by molar-refractivity contribution is 0.671. The predicted molar refractivity (Wildman–Crippen MR) is 58.4 cm³/mol. The molecule has 70 valence electrons. The fraction of sp³-hybridized carbons (Fsp3) is 0.400. The average Bonchev–Trinajstić information content (AvgIpc) is 2.17. The van der Waals surface area contributed by atoms with E-state index in [-0.39, 0.29) is 6.04 Å². The van der Waals surface area contributed by atoms with Gasteiger partial charge in [-0.15, -0.1) is 11.8 Å². The summed E-state index contributed by atoms with van der Waals surface area (Å²) in [6, 6.07) is 6.64. The van der Waals surface area contributed by atoms with Gasteiger partial charge in [0.15, 0.2) is 0 Å². The average molecular weight is 194 g/mol. The highest BCUT2D eigenvalue weighted by Crippen LogP contribution is 2.30. The smallest absolute Gasteiger partial charge is 0.0385 e. The molecule has 1 heterocycles. The maximum Gasteiger partial charge on any atom is 0.0385 e. The fourth-order valence-electron chi connectivity index (χ4n) is 1.71. The molecule has 0 bridgehead atoms. The second-order valence-corrected chi connectivity index (χ2v) is 4.18. The van der Waals surface area contributed by atoms with Crippen LogP contribution in [0.25, 0.3) is 0 Å². The Kier molecular flexibility index (Phi) is 2.47. The van der Waals surface area contributed by atoms with Crippen LogP contribution in [0.2, 0.25) is 0 Å². The molecule has 1 aliphatic rings. The van der Waals surface area contributed by atoms with E-state index in [4.69, 9.17) is 5.73 Å². The van der Waals surface area contributed by atoms with E-state index in [1.165, 1.54) is 16.1 Å². The van der Waals surface area contributed by atoms with Crippen LogP contribution in [-0.2, 0) is 6.42 Å². The first-order valence-electron chi connectivity index (χ1n) is 4.46. The van der Waals surface area contributed by atoms with Crippen LogP contribution in [0, 0.1) is 0 Å². The van der Waals surface area contributed by atoms with Gasteiger partial charge in [0.2, 0.25) is 0 Å². The van der Waals surface area contributed by atoms with E-state index in [1.807, 2.05) is 0 Å². The number of fused-ring (bicyclic) bond motifs is 1. The molecule has 3 heteroatoms. The molecular formula is C10H14N2S. The number of rotatable bonds is 1. The molecule has 0 amide bonds. The summed E-state index contributed by atoms with van der Waals surface area (Å²) in [5.74, 6) is 0. The summed E-state index contributed by atoms with van der Waals surface area (Å²) in [5, 5.41) is 3.35. The summed E-state index contributed by atoms with van der Waals surface area (Å²) in [6.07, 6.45) is 3.11. The number of anilines is 1. The van der Waals surface area contributed by atoms with Crippen molar-refractivity contribution >= 4 is 17.4 Å². The molecule has 0 spiro atoms. The highest BCUT2D eigenvalue weighted by atomic mass is 32.2. The van der Waals surface area contributed by atoms with Crippen molar-refractivity contribution in [2.75, 3.05) is 18.1 Å². The summed E-state index contributed by atoms with van der Waals surface area (Å²) in [5.41, 5.74) is 8.54. The zero-order valence-electron chi connectivity index (χ0n) is 7.71. The van der Waals surface area contributed by atoms with Crippen LogP contribution < -0.4 is 11.1 Å². The number of benzene rings is 1. The minimum Gasteiger partial charge on any atom is -0.383 e. The van der Waals surface area contributed by atoms with E-state index in [0.717, 1.165) is 13.0 Å².